The molecule has 214 valence electrons. The fourth-order valence-electron chi connectivity index (χ4n) is 4.45. The number of carbonyl (C=O) groups is 3. The van der Waals surface area contributed by atoms with Crippen LogP contribution in [0.4, 0.5) is 9.59 Å². The predicted octanol–water partition coefficient (Wildman–Crippen LogP) is 3.42. The monoisotopic (exact) mass is 555 g/mol. The molecule has 0 saturated carbocycles. The Morgan fingerprint density at radius 3 is 2.29 bits per heavy atom. The first kappa shape index (κ1) is 31.7. The Labute approximate surface area is 230 Å². The fourth-order valence-corrected chi connectivity index (χ4v) is 4.57. The highest BCUT2D eigenvalue weighted by Gasteiger charge is 2.50. The van der Waals surface area contributed by atoms with Gasteiger partial charge in [0.1, 0.15) is 18.2 Å². The van der Waals surface area contributed by atoms with Crippen LogP contribution in [-0.2, 0) is 19.9 Å². The zero-order valence-corrected chi connectivity index (χ0v) is 24.1. The largest absolute Gasteiger partial charge is 0.508 e. The van der Waals surface area contributed by atoms with E-state index in [1.54, 1.807) is 30.9 Å². The van der Waals surface area contributed by atoms with Gasteiger partial charge in [0.25, 0.3) is 0 Å². The Morgan fingerprint density at radius 1 is 1.16 bits per heavy atom. The predicted molar refractivity (Wildman–Crippen MR) is 144 cm³/mol. The summed E-state index contributed by atoms with van der Waals surface area (Å²) < 4.78 is 9.99. The Bertz CT molecular complexity index is 981. The number of rotatable bonds is 9. The highest BCUT2D eigenvalue weighted by atomic mass is 35.5. The standard InChI is InChI=1S/C27H42ClN3O7/c1-17(2)21(30-23(34)29-15-26(6,7)38-24(35)37-14-18(3)32)22(33)31-13-12-27(36,25(4,5)16-31)19-8-10-20(28)11-9-19/h8-11,17-18,21,32,36H,12-16H2,1-7H3,(H2,29,30,34)/t18?,21-,27+/m1/s1. The van der Waals surface area contributed by atoms with E-state index in [2.05, 4.69) is 10.6 Å². The number of benzene rings is 1. The molecule has 1 aromatic carbocycles. The van der Waals surface area contributed by atoms with Crippen LogP contribution in [0.3, 0.4) is 0 Å². The molecule has 1 heterocycles. The average Bonchev–Trinajstić information content (AvgIpc) is 2.81. The van der Waals surface area contributed by atoms with Crippen LogP contribution >= 0.6 is 11.6 Å². The number of halogens is 1. The molecule has 3 atom stereocenters. The van der Waals surface area contributed by atoms with Gasteiger partial charge in [-0.2, -0.15) is 0 Å². The molecule has 38 heavy (non-hydrogen) atoms. The summed E-state index contributed by atoms with van der Waals surface area (Å²) in [5, 5.41) is 26.8. The molecule has 0 bridgehead atoms. The highest BCUT2D eigenvalue weighted by molar-refractivity contribution is 6.30. The molecule has 4 N–H and O–H groups in total. The number of urea groups is 1. The lowest BCUT2D eigenvalue weighted by Crippen LogP contribution is -2.61. The minimum Gasteiger partial charge on any atom is -0.432 e. The average molecular weight is 556 g/mol. The van der Waals surface area contributed by atoms with E-state index in [9.17, 15) is 24.6 Å². The minimum atomic E-state index is -1.14. The number of ether oxygens (including phenoxy) is 2. The second-order valence-electron chi connectivity index (χ2n) is 11.6. The van der Waals surface area contributed by atoms with Gasteiger partial charge < -0.3 is 35.2 Å². The van der Waals surface area contributed by atoms with Crippen LogP contribution in [0.5, 0.6) is 0 Å². The van der Waals surface area contributed by atoms with Crippen LogP contribution in [0.1, 0.15) is 60.5 Å². The molecule has 1 unspecified atom stereocenters. The van der Waals surface area contributed by atoms with Gasteiger partial charge in [-0.05, 0) is 50.8 Å². The maximum Gasteiger partial charge on any atom is 0.508 e. The van der Waals surface area contributed by atoms with Crippen molar-refractivity contribution in [3.63, 3.8) is 0 Å². The van der Waals surface area contributed by atoms with Crippen molar-refractivity contribution < 1.29 is 34.1 Å². The Morgan fingerprint density at radius 2 is 1.76 bits per heavy atom. The Kier molecular flexibility index (Phi) is 10.4. The number of hydrogen-bond acceptors (Lipinski definition) is 7. The SMILES string of the molecule is CC(O)COC(=O)OC(C)(C)CNC(=O)N[C@@H](C(=O)N1CC[C@](O)(c2ccc(Cl)cc2)C(C)(C)C1)C(C)C. The van der Waals surface area contributed by atoms with E-state index in [-0.39, 0.29) is 25.0 Å². The van der Waals surface area contributed by atoms with E-state index < -0.39 is 40.9 Å². The molecule has 1 saturated heterocycles. The normalized spacial score (nSPS) is 20.9. The molecular formula is C27H42ClN3O7. The fraction of sp³-hybridized carbons (Fsp3) is 0.667. The summed E-state index contributed by atoms with van der Waals surface area (Å²) in [5.74, 6) is -0.438. The van der Waals surface area contributed by atoms with Gasteiger partial charge in [0, 0.05) is 23.5 Å². The van der Waals surface area contributed by atoms with Gasteiger partial charge in [-0.1, -0.05) is 51.4 Å². The molecule has 1 fully saturated rings. The molecule has 1 aliphatic rings. The molecule has 10 nitrogen and oxygen atoms in total. The van der Waals surface area contributed by atoms with Crippen molar-refractivity contribution in [2.75, 3.05) is 26.2 Å². The van der Waals surface area contributed by atoms with Gasteiger partial charge in [-0.3, -0.25) is 4.79 Å². The minimum absolute atomic E-state index is 0.0352. The number of aliphatic hydroxyl groups is 2. The van der Waals surface area contributed by atoms with Crippen LogP contribution in [0.15, 0.2) is 24.3 Å². The number of hydrogen-bond donors (Lipinski definition) is 4. The molecule has 2 rings (SSSR count). The molecule has 11 heteroatoms. The summed E-state index contributed by atoms with van der Waals surface area (Å²) in [6.07, 6.45) is -1.45. The van der Waals surface area contributed by atoms with Crippen molar-refractivity contribution >= 4 is 29.7 Å². The molecule has 0 radical (unpaired) electrons. The summed E-state index contributed by atoms with van der Waals surface area (Å²) in [7, 11) is 0. The molecular weight excluding hydrogens is 514 g/mol. The lowest BCUT2D eigenvalue weighted by molar-refractivity contribution is -0.155. The van der Waals surface area contributed by atoms with E-state index in [1.807, 2.05) is 39.8 Å². The van der Waals surface area contributed by atoms with E-state index in [4.69, 9.17) is 21.1 Å². The number of nitrogens with zero attached hydrogens (tertiary/aromatic N) is 1. The number of likely N-dealkylation sites (tertiary alicyclic amines) is 1. The van der Waals surface area contributed by atoms with Gasteiger partial charge in [-0.15, -0.1) is 0 Å². The smallest absolute Gasteiger partial charge is 0.432 e. The second kappa shape index (κ2) is 12.5. The van der Waals surface area contributed by atoms with Crippen molar-refractivity contribution in [2.45, 2.75) is 78.2 Å². The van der Waals surface area contributed by atoms with Crippen molar-refractivity contribution in [1.82, 2.24) is 15.5 Å². The number of carbonyl (C=O) groups excluding carboxylic acids is 3. The van der Waals surface area contributed by atoms with E-state index in [1.165, 1.54) is 6.92 Å². The van der Waals surface area contributed by atoms with Crippen LogP contribution in [0, 0.1) is 11.3 Å². The third-order valence-corrected chi connectivity index (χ3v) is 7.03. The Balaban J connectivity index is 2.00. The number of aliphatic hydroxyl groups excluding tert-OH is 1. The van der Waals surface area contributed by atoms with Crippen molar-refractivity contribution in [3.05, 3.63) is 34.9 Å². The topological polar surface area (TPSA) is 137 Å². The highest BCUT2D eigenvalue weighted by Crippen LogP contribution is 2.46. The van der Waals surface area contributed by atoms with E-state index in [0.29, 0.717) is 24.5 Å². The summed E-state index contributed by atoms with van der Waals surface area (Å²) in [6.45, 7) is 12.6. The van der Waals surface area contributed by atoms with Gasteiger partial charge in [0.15, 0.2) is 0 Å². The summed E-state index contributed by atoms with van der Waals surface area (Å²) >= 11 is 6.02. The van der Waals surface area contributed by atoms with Gasteiger partial charge in [-0.25, -0.2) is 9.59 Å². The first-order chi connectivity index (χ1) is 17.5. The maximum atomic E-state index is 13.5. The molecule has 0 aromatic heterocycles. The van der Waals surface area contributed by atoms with Gasteiger partial charge >= 0.3 is 12.2 Å². The molecule has 0 spiro atoms. The summed E-state index contributed by atoms with van der Waals surface area (Å²) in [4.78, 5) is 39.7. The summed E-state index contributed by atoms with van der Waals surface area (Å²) in [5.41, 5.74) is -2.15. The molecule has 1 aromatic rings. The lowest BCUT2D eigenvalue weighted by Gasteiger charge is -2.51. The lowest BCUT2D eigenvalue weighted by atomic mass is 9.66. The van der Waals surface area contributed by atoms with Crippen LogP contribution in [-0.4, -0.2) is 77.2 Å². The van der Waals surface area contributed by atoms with Crippen molar-refractivity contribution in [1.29, 1.82) is 0 Å². The first-order valence-electron chi connectivity index (χ1n) is 12.8. The first-order valence-corrected chi connectivity index (χ1v) is 13.2. The summed E-state index contributed by atoms with van der Waals surface area (Å²) in [6, 6.07) is 5.72. The third kappa shape index (κ3) is 8.22. The van der Waals surface area contributed by atoms with Crippen molar-refractivity contribution in [3.8, 4) is 0 Å². The van der Waals surface area contributed by atoms with Crippen LogP contribution in [0.25, 0.3) is 0 Å². The van der Waals surface area contributed by atoms with E-state index in [0.717, 1.165) is 5.56 Å². The number of amides is 3. The quantitative estimate of drug-likeness (QED) is 0.342. The van der Waals surface area contributed by atoms with Gasteiger partial charge in [0.2, 0.25) is 5.91 Å². The number of nitrogens with one attached hydrogen (secondary N) is 2. The van der Waals surface area contributed by atoms with Crippen molar-refractivity contribution in [2.24, 2.45) is 11.3 Å². The number of piperidine rings is 1. The molecule has 3 amide bonds. The third-order valence-electron chi connectivity index (χ3n) is 6.78. The zero-order chi connectivity index (χ0) is 28.9. The maximum absolute atomic E-state index is 13.5. The molecule has 0 aliphatic carbocycles. The zero-order valence-electron chi connectivity index (χ0n) is 23.3. The Hall–Kier alpha value is -2.56. The second-order valence-corrected chi connectivity index (χ2v) is 12.0. The molecule has 1 aliphatic heterocycles. The van der Waals surface area contributed by atoms with E-state index >= 15 is 0 Å². The van der Waals surface area contributed by atoms with Gasteiger partial charge in [0.05, 0.1) is 18.2 Å². The van der Waals surface area contributed by atoms with Crippen LogP contribution in [0.2, 0.25) is 5.02 Å². The van der Waals surface area contributed by atoms with Crippen LogP contribution < -0.4 is 10.6 Å².